The summed E-state index contributed by atoms with van der Waals surface area (Å²) < 4.78 is 0. The highest BCUT2D eigenvalue weighted by molar-refractivity contribution is 5.35. The van der Waals surface area contributed by atoms with E-state index in [1.807, 2.05) is 6.92 Å². The Balaban J connectivity index is 3.21. The third-order valence-electron chi connectivity index (χ3n) is 1.45. The minimum Gasteiger partial charge on any atom is -0.229 e. The van der Waals surface area contributed by atoms with E-state index < -0.39 is 0 Å². The Hall–Kier alpha value is -1.80. The molecule has 1 rings (SSSR count). The van der Waals surface area contributed by atoms with Gasteiger partial charge < -0.3 is 0 Å². The maximum Gasteiger partial charge on any atom is 0.206 e. The number of aromatic nitrogens is 2. The van der Waals surface area contributed by atoms with Crippen LogP contribution in [0.1, 0.15) is 30.9 Å². The zero-order valence-corrected chi connectivity index (χ0v) is 7.97. The third-order valence-corrected chi connectivity index (χ3v) is 1.45. The van der Waals surface area contributed by atoms with E-state index in [2.05, 4.69) is 33.6 Å². The van der Waals surface area contributed by atoms with Gasteiger partial charge >= 0.3 is 0 Å². The van der Waals surface area contributed by atoms with E-state index in [4.69, 9.17) is 0 Å². The summed E-state index contributed by atoms with van der Waals surface area (Å²) >= 11 is 0. The van der Waals surface area contributed by atoms with Gasteiger partial charge in [0.1, 0.15) is 5.69 Å². The van der Waals surface area contributed by atoms with Gasteiger partial charge in [0, 0.05) is 11.8 Å². The van der Waals surface area contributed by atoms with Gasteiger partial charge in [-0.3, -0.25) is 0 Å². The Morgan fingerprint density at radius 2 is 1.85 bits per heavy atom. The Bertz CT molecular complexity index is 425. The molecule has 0 aliphatic carbocycles. The van der Waals surface area contributed by atoms with Gasteiger partial charge in [0.2, 0.25) is 5.82 Å². The molecular weight excluding hydrogens is 160 g/mol. The van der Waals surface area contributed by atoms with E-state index in [1.165, 1.54) is 0 Å². The standard InChI is InChI=1S/C11H10N2/c1-4-6-10-9(3)8-12-11(13-10)7-5-2/h8H,1-3H3. The lowest BCUT2D eigenvalue weighted by atomic mass is 10.2. The number of nitrogens with zero attached hydrogens (tertiary/aromatic N) is 2. The number of hydrogen-bond donors (Lipinski definition) is 0. The maximum atomic E-state index is 4.19. The first kappa shape index (κ1) is 9.29. The van der Waals surface area contributed by atoms with Crippen molar-refractivity contribution < 1.29 is 0 Å². The summed E-state index contributed by atoms with van der Waals surface area (Å²) in [6.07, 6.45) is 1.74. The molecule has 0 unspecified atom stereocenters. The fourth-order valence-corrected chi connectivity index (χ4v) is 0.859. The average Bonchev–Trinajstić information content (AvgIpc) is 2.12. The average molecular weight is 170 g/mol. The topological polar surface area (TPSA) is 25.8 Å². The van der Waals surface area contributed by atoms with Crippen LogP contribution >= 0.6 is 0 Å². The van der Waals surface area contributed by atoms with E-state index in [0.29, 0.717) is 5.82 Å². The van der Waals surface area contributed by atoms with Gasteiger partial charge in [0.25, 0.3) is 0 Å². The molecule has 0 aliphatic rings. The van der Waals surface area contributed by atoms with Gasteiger partial charge in [-0.1, -0.05) is 11.8 Å². The monoisotopic (exact) mass is 170 g/mol. The second-order valence-electron chi connectivity index (χ2n) is 2.48. The molecule has 2 heteroatoms. The van der Waals surface area contributed by atoms with Crippen molar-refractivity contribution in [1.29, 1.82) is 0 Å². The molecule has 2 nitrogen and oxygen atoms in total. The molecule has 0 spiro atoms. The highest BCUT2D eigenvalue weighted by Crippen LogP contribution is 2.00. The second-order valence-corrected chi connectivity index (χ2v) is 2.48. The maximum absolute atomic E-state index is 4.19. The van der Waals surface area contributed by atoms with Crippen LogP contribution in [-0.2, 0) is 0 Å². The van der Waals surface area contributed by atoms with Gasteiger partial charge in [-0.15, -0.1) is 0 Å². The van der Waals surface area contributed by atoms with Crippen molar-refractivity contribution in [3.8, 4) is 23.7 Å². The molecule has 0 aliphatic heterocycles. The van der Waals surface area contributed by atoms with E-state index in [-0.39, 0.29) is 0 Å². The summed E-state index contributed by atoms with van der Waals surface area (Å²) in [5.41, 5.74) is 1.74. The van der Waals surface area contributed by atoms with Crippen LogP contribution in [0.25, 0.3) is 0 Å². The van der Waals surface area contributed by atoms with Crippen molar-refractivity contribution in [3.05, 3.63) is 23.3 Å². The van der Waals surface area contributed by atoms with Crippen LogP contribution in [0.2, 0.25) is 0 Å². The molecule has 0 N–H and O–H groups in total. The summed E-state index contributed by atoms with van der Waals surface area (Å²) in [4.78, 5) is 8.25. The van der Waals surface area contributed by atoms with Gasteiger partial charge in [-0.25, -0.2) is 9.97 Å². The molecule has 1 heterocycles. The molecule has 0 fully saturated rings. The summed E-state index contributed by atoms with van der Waals surface area (Å²) in [6, 6.07) is 0. The summed E-state index contributed by atoms with van der Waals surface area (Å²) in [6.45, 7) is 5.48. The van der Waals surface area contributed by atoms with Crippen molar-refractivity contribution in [2.24, 2.45) is 0 Å². The summed E-state index contributed by atoms with van der Waals surface area (Å²) in [7, 11) is 0. The Labute approximate surface area is 78.4 Å². The lowest BCUT2D eigenvalue weighted by Gasteiger charge is -1.95. The fraction of sp³-hybridized carbons (Fsp3) is 0.273. The first-order chi connectivity index (χ1) is 6.27. The van der Waals surface area contributed by atoms with Crippen LogP contribution in [0.15, 0.2) is 6.20 Å². The predicted molar refractivity (Wildman–Crippen MR) is 51.9 cm³/mol. The van der Waals surface area contributed by atoms with Gasteiger partial charge in [0.15, 0.2) is 0 Å². The number of rotatable bonds is 0. The normalized spacial score (nSPS) is 7.92. The zero-order chi connectivity index (χ0) is 9.68. The molecule has 64 valence electrons. The van der Waals surface area contributed by atoms with Gasteiger partial charge in [0.05, 0.1) is 0 Å². The molecule has 0 aromatic carbocycles. The van der Waals surface area contributed by atoms with Crippen LogP contribution in [0.3, 0.4) is 0 Å². The van der Waals surface area contributed by atoms with Crippen LogP contribution < -0.4 is 0 Å². The largest absolute Gasteiger partial charge is 0.229 e. The lowest BCUT2D eigenvalue weighted by Crippen LogP contribution is -1.95. The smallest absolute Gasteiger partial charge is 0.206 e. The van der Waals surface area contributed by atoms with Crippen molar-refractivity contribution in [2.45, 2.75) is 20.8 Å². The quantitative estimate of drug-likeness (QED) is 0.552. The molecule has 1 aromatic rings. The third kappa shape index (κ3) is 2.32. The van der Waals surface area contributed by atoms with E-state index >= 15 is 0 Å². The van der Waals surface area contributed by atoms with Crippen molar-refractivity contribution in [3.63, 3.8) is 0 Å². The highest BCUT2D eigenvalue weighted by atomic mass is 14.9. The van der Waals surface area contributed by atoms with Gasteiger partial charge in [-0.05, 0) is 32.6 Å². The van der Waals surface area contributed by atoms with Crippen molar-refractivity contribution in [2.75, 3.05) is 0 Å². The van der Waals surface area contributed by atoms with Crippen LogP contribution in [0.4, 0.5) is 0 Å². The molecule has 0 atom stereocenters. The number of aryl methyl sites for hydroxylation is 1. The number of hydrogen-bond acceptors (Lipinski definition) is 2. The Morgan fingerprint density at radius 3 is 2.46 bits per heavy atom. The lowest BCUT2D eigenvalue weighted by molar-refractivity contribution is 1.07. The van der Waals surface area contributed by atoms with E-state index in [9.17, 15) is 0 Å². The molecule has 0 radical (unpaired) electrons. The second kappa shape index (κ2) is 4.28. The molecule has 0 amide bonds. The van der Waals surface area contributed by atoms with Crippen molar-refractivity contribution in [1.82, 2.24) is 9.97 Å². The summed E-state index contributed by atoms with van der Waals surface area (Å²) in [5, 5.41) is 0. The van der Waals surface area contributed by atoms with Crippen LogP contribution in [0, 0.1) is 30.6 Å². The molecule has 0 saturated heterocycles. The van der Waals surface area contributed by atoms with Crippen LogP contribution in [-0.4, -0.2) is 9.97 Å². The van der Waals surface area contributed by atoms with E-state index in [1.54, 1.807) is 20.0 Å². The molecule has 13 heavy (non-hydrogen) atoms. The van der Waals surface area contributed by atoms with Crippen LogP contribution in [0.5, 0.6) is 0 Å². The first-order valence-corrected chi connectivity index (χ1v) is 3.97. The Kier molecular flexibility index (Phi) is 3.06. The summed E-state index contributed by atoms with van der Waals surface area (Å²) in [5.74, 6) is 11.8. The minimum atomic E-state index is 0.533. The minimum absolute atomic E-state index is 0.533. The predicted octanol–water partition coefficient (Wildman–Crippen LogP) is 1.53. The molecule has 1 aromatic heterocycles. The fourth-order valence-electron chi connectivity index (χ4n) is 0.859. The first-order valence-electron chi connectivity index (χ1n) is 3.97. The van der Waals surface area contributed by atoms with Gasteiger partial charge in [-0.2, -0.15) is 0 Å². The molecule has 0 bridgehead atoms. The van der Waals surface area contributed by atoms with E-state index in [0.717, 1.165) is 11.3 Å². The molecular formula is C11H10N2. The SMILES string of the molecule is CC#Cc1ncc(C)c(C#CC)n1. The molecule has 0 saturated carbocycles. The zero-order valence-electron chi connectivity index (χ0n) is 7.97. The van der Waals surface area contributed by atoms with Crippen molar-refractivity contribution >= 4 is 0 Å². The Morgan fingerprint density at radius 1 is 1.15 bits per heavy atom. The highest BCUT2D eigenvalue weighted by Gasteiger charge is 1.97.